The average molecular weight is 206 g/mol. The lowest BCUT2D eigenvalue weighted by Gasteiger charge is -2.24. The van der Waals surface area contributed by atoms with Crippen LogP contribution in [0, 0.1) is 6.92 Å². The summed E-state index contributed by atoms with van der Waals surface area (Å²) in [5.41, 5.74) is 2.51. The third-order valence-electron chi connectivity index (χ3n) is 2.36. The normalized spacial score (nSPS) is 11.9. The molecule has 1 nitrogen and oxygen atoms in total. The summed E-state index contributed by atoms with van der Waals surface area (Å²) in [7, 11) is 0. The van der Waals surface area contributed by atoms with Crippen LogP contribution in [0.4, 0.5) is 0 Å². The van der Waals surface area contributed by atoms with Crippen molar-refractivity contribution in [2.45, 2.75) is 53.1 Å². The Bertz CT molecular complexity index is 332. The van der Waals surface area contributed by atoms with Crippen LogP contribution in [0.25, 0.3) is 0 Å². The van der Waals surface area contributed by atoms with Crippen LogP contribution < -0.4 is 4.74 Å². The van der Waals surface area contributed by atoms with Gasteiger partial charge in [0.15, 0.2) is 0 Å². The van der Waals surface area contributed by atoms with Gasteiger partial charge in [0, 0.05) is 0 Å². The minimum absolute atomic E-state index is 0.125. The van der Waals surface area contributed by atoms with Crippen molar-refractivity contribution in [1.29, 1.82) is 0 Å². The van der Waals surface area contributed by atoms with Gasteiger partial charge >= 0.3 is 0 Å². The fraction of sp³-hybridized carbons (Fsp3) is 0.571. The molecule has 1 aromatic rings. The minimum atomic E-state index is -0.125. The van der Waals surface area contributed by atoms with E-state index < -0.39 is 0 Å². The Morgan fingerprint density at radius 1 is 1.13 bits per heavy atom. The van der Waals surface area contributed by atoms with Crippen molar-refractivity contribution in [3.63, 3.8) is 0 Å². The second-order valence-corrected chi connectivity index (χ2v) is 5.34. The second-order valence-electron chi connectivity index (χ2n) is 5.34. The number of benzene rings is 1. The van der Waals surface area contributed by atoms with E-state index in [1.54, 1.807) is 0 Å². The monoisotopic (exact) mass is 206 g/mol. The molecule has 1 heteroatoms. The highest BCUT2D eigenvalue weighted by Crippen LogP contribution is 2.29. The summed E-state index contributed by atoms with van der Waals surface area (Å²) in [6, 6.07) is 6.30. The summed E-state index contributed by atoms with van der Waals surface area (Å²) < 4.78 is 5.92. The van der Waals surface area contributed by atoms with Gasteiger partial charge in [-0.25, -0.2) is 0 Å². The van der Waals surface area contributed by atoms with Crippen molar-refractivity contribution in [1.82, 2.24) is 0 Å². The summed E-state index contributed by atoms with van der Waals surface area (Å²) >= 11 is 0. The molecule has 0 N–H and O–H groups in total. The predicted molar refractivity (Wildman–Crippen MR) is 65.6 cm³/mol. The Balaban J connectivity index is 3.05. The highest BCUT2D eigenvalue weighted by atomic mass is 16.5. The predicted octanol–water partition coefficient (Wildman–Crippen LogP) is 4.30. The van der Waals surface area contributed by atoms with Crippen molar-refractivity contribution in [2.75, 3.05) is 0 Å². The largest absolute Gasteiger partial charge is 0.488 e. The van der Waals surface area contributed by atoms with Crippen LogP contribution in [0.3, 0.4) is 0 Å². The van der Waals surface area contributed by atoms with Crippen LogP contribution in [-0.4, -0.2) is 5.60 Å². The maximum atomic E-state index is 5.92. The van der Waals surface area contributed by atoms with E-state index in [9.17, 15) is 0 Å². The Hall–Kier alpha value is -0.980. The molecule has 0 aliphatic heterocycles. The zero-order valence-electron chi connectivity index (χ0n) is 10.7. The van der Waals surface area contributed by atoms with E-state index in [1.807, 2.05) is 6.07 Å². The van der Waals surface area contributed by atoms with Crippen molar-refractivity contribution in [3.05, 3.63) is 29.3 Å². The molecule has 0 amide bonds. The lowest BCUT2D eigenvalue weighted by molar-refractivity contribution is 0.129. The fourth-order valence-corrected chi connectivity index (χ4v) is 1.70. The van der Waals surface area contributed by atoms with Crippen LogP contribution in [-0.2, 0) is 0 Å². The third kappa shape index (κ3) is 3.26. The highest BCUT2D eigenvalue weighted by molar-refractivity contribution is 5.40. The maximum absolute atomic E-state index is 5.92. The van der Waals surface area contributed by atoms with Crippen molar-refractivity contribution < 1.29 is 4.74 Å². The summed E-state index contributed by atoms with van der Waals surface area (Å²) in [5, 5.41) is 0. The van der Waals surface area contributed by atoms with Gasteiger partial charge in [-0.3, -0.25) is 0 Å². The van der Waals surface area contributed by atoms with Crippen molar-refractivity contribution in [2.24, 2.45) is 0 Å². The second kappa shape index (κ2) is 4.26. The number of rotatable bonds is 2. The average Bonchev–Trinajstić information content (AvgIpc) is 2.05. The first kappa shape index (κ1) is 12.1. The molecule has 0 atom stereocenters. The Morgan fingerprint density at radius 3 is 2.20 bits per heavy atom. The van der Waals surface area contributed by atoms with Gasteiger partial charge in [0.2, 0.25) is 0 Å². The Kier molecular flexibility index (Phi) is 3.43. The molecule has 0 heterocycles. The van der Waals surface area contributed by atoms with Gasteiger partial charge in [-0.2, -0.15) is 0 Å². The van der Waals surface area contributed by atoms with Crippen molar-refractivity contribution in [3.8, 4) is 5.75 Å². The van der Waals surface area contributed by atoms with Gasteiger partial charge in [-0.05, 0) is 50.8 Å². The third-order valence-corrected chi connectivity index (χ3v) is 2.36. The SMILES string of the molecule is Cc1c(OC(C)(C)C)cccc1C(C)C. The minimum Gasteiger partial charge on any atom is -0.488 e. The van der Waals surface area contributed by atoms with E-state index in [-0.39, 0.29) is 5.60 Å². The zero-order valence-corrected chi connectivity index (χ0v) is 10.7. The molecule has 0 spiro atoms. The number of ether oxygens (including phenoxy) is 1. The highest BCUT2D eigenvalue weighted by Gasteiger charge is 2.15. The van der Waals surface area contributed by atoms with Gasteiger partial charge in [0.25, 0.3) is 0 Å². The molecule has 0 fully saturated rings. The molecule has 1 aromatic carbocycles. The summed E-state index contributed by atoms with van der Waals surface area (Å²) in [6.45, 7) is 12.8. The summed E-state index contributed by atoms with van der Waals surface area (Å²) in [6.07, 6.45) is 0. The summed E-state index contributed by atoms with van der Waals surface area (Å²) in [5.74, 6) is 1.56. The van der Waals surface area contributed by atoms with Gasteiger partial charge in [-0.1, -0.05) is 26.0 Å². The van der Waals surface area contributed by atoms with Crippen LogP contribution in [0.2, 0.25) is 0 Å². The maximum Gasteiger partial charge on any atom is 0.123 e. The van der Waals surface area contributed by atoms with Crippen LogP contribution in [0.5, 0.6) is 5.75 Å². The van der Waals surface area contributed by atoms with E-state index in [4.69, 9.17) is 4.74 Å². The zero-order chi connectivity index (χ0) is 11.6. The number of hydrogen-bond acceptors (Lipinski definition) is 1. The van der Waals surface area contributed by atoms with Crippen molar-refractivity contribution >= 4 is 0 Å². The molecular weight excluding hydrogens is 184 g/mol. The molecule has 0 unspecified atom stereocenters. The molecule has 15 heavy (non-hydrogen) atoms. The topological polar surface area (TPSA) is 9.23 Å². The van der Waals surface area contributed by atoms with Gasteiger partial charge < -0.3 is 4.74 Å². The molecule has 0 aliphatic rings. The van der Waals surface area contributed by atoms with Gasteiger partial charge in [-0.15, -0.1) is 0 Å². The van der Waals surface area contributed by atoms with Gasteiger partial charge in [0.1, 0.15) is 11.4 Å². The van der Waals surface area contributed by atoms with E-state index in [0.717, 1.165) is 5.75 Å². The lowest BCUT2D eigenvalue weighted by atomic mass is 9.97. The lowest BCUT2D eigenvalue weighted by Crippen LogP contribution is -2.23. The molecule has 0 aliphatic carbocycles. The molecule has 0 radical (unpaired) electrons. The van der Waals surface area contributed by atoms with Crippen LogP contribution in [0.1, 0.15) is 51.7 Å². The first-order valence-electron chi connectivity index (χ1n) is 5.60. The Morgan fingerprint density at radius 2 is 1.73 bits per heavy atom. The first-order valence-corrected chi connectivity index (χ1v) is 5.60. The first-order chi connectivity index (χ1) is 6.81. The Labute approximate surface area is 93.5 Å². The quantitative estimate of drug-likeness (QED) is 0.701. The number of hydrogen-bond donors (Lipinski definition) is 0. The molecule has 0 bridgehead atoms. The van der Waals surface area contributed by atoms with E-state index in [0.29, 0.717) is 5.92 Å². The smallest absolute Gasteiger partial charge is 0.123 e. The fourth-order valence-electron chi connectivity index (χ4n) is 1.70. The molecular formula is C14H22O. The van der Waals surface area contributed by atoms with E-state index >= 15 is 0 Å². The molecule has 1 rings (SSSR count). The summed E-state index contributed by atoms with van der Waals surface area (Å²) in [4.78, 5) is 0. The van der Waals surface area contributed by atoms with E-state index in [1.165, 1.54) is 11.1 Å². The standard InChI is InChI=1S/C14H22O/c1-10(2)12-8-7-9-13(11(12)3)15-14(4,5)6/h7-10H,1-6H3. The van der Waals surface area contributed by atoms with Crippen LogP contribution in [0.15, 0.2) is 18.2 Å². The molecule has 0 saturated carbocycles. The van der Waals surface area contributed by atoms with E-state index in [2.05, 4.69) is 53.7 Å². The molecule has 0 aromatic heterocycles. The van der Waals surface area contributed by atoms with Gasteiger partial charge in [0.05, 0.1) is 0 Å². The molecule has 0 saturated heterocycles. The molecule has 84 valence electrons. The van der Waals surface area contributed by atoms with Crippen LogP contribution >= 0.6 is 0 Å².